The highest BCUT2D eigenvalue weighted by atomic mass is 16.6. The molecule has 0 aliphatic carbocycles. The first-order valence-electron chi connectivity index (χ1n) is 9.24. The van der Waals surface area contributed by atoms with Crippen molar-refractivity contribution in [2.45, 2.75) is 12.8 Å². The fourth-order valence-corrected chi connectivity index (χ4v) is 3.22. The van der Waals surface area contributed by atoms with Gasteiger partial charge in [-0.3, -0.25) is 10.1 Å². The van der Waals surface area contributed by atoms with E-state index in [0.717, 1.165) is 25.9 Å². The predicted molar refractivity (Wildman–Crippen MR) is 109 cm³/mol. The molecule has 0 atom stereocenters. The molecule has 0 spiro atoms. The Morgan fingerprint density at radius 3 is 2.17 bits per heavy atom. The summed E-state index contributed by atoms with van der Waals surface area (Å²) < 4.78 is 21.9. The van der Waals surface area contributed by atoms with Crippen LogP contribution in [0.4, 0.5) is 5.69 Å². The smallest absolute Gasteiger partial charge is 0.276 e. The van der Waals surface area contributed by atoms with Crippen LogP contribution in [0.3, 0.4) is 0 Å². The van der Waals surface area contributed by atoms with Crippen LogP contribution >= 0.6 is 0 Å². The molecule has 8 nitrogen and oxygen atoms in total. The lowest BCUT2D eigenvalue weighted by atomic mass is 10.1. The first-order valence-corrected chi connectivity index (χ1v) is 9.24. The van der Waals surface area contributed by atoms with Gasteiger partial charge in [0.1, 0.15) is 11.5 Å². The molecule has 1 saturated heterocycles. The van der Waals surface area contributed by atoms with Gasteiger partial charge in [0, 0.05) is 31.3 Å². The zero-order valence-electron chi connectivity index (χ0n) is 16.7. The lowest BCUT2D eigenvalue weighted by Crippen LogP contribution is -2.10. The van der Waals surface area contributed by atoms with Crippen molar-refractivity contribution in [2.24, 2.45) is 0 Å². The SMILES string of the molecule is COc1cc(Oc2ccc([N+](=O)[O-])c(C=CN3CCCC3)c2)cc(OC)c1OC. The number of benzene rings is 2. The lowest BCUT2D eigenvalue weighted by Gasteiger charge is -2.15. The molecule has 0 radical (unpaired) electrons. The van der Waals surface area contributed by atoms with Crippen molar-refractivity contribution >= 4 is 11.8 Å². The lowest BCUT2D eigenvalue weighted by molar-refractivity contribution is -0.385. The Balaban J connectivity index is 1.91. The molecule has 2 aromatic carbocycles. The van der Waals surface area contributed by atoms with Crippen molar-refractivity contribution < 1.29 is 23.9 Å². The van der Waals surface area contributed by atoms with Crippen LogP contribution in [0.15, 0.2) is 36.5 Å². The van der Waals surface area contributed by atoms with E-state index < -0.39 is 4.92 Å². The topological polar surface area (TPSA) is 83.3 Å². The van der Waals surface area contributed by atoms with E-state index in [1.54, 1.807) is 30.3 Å². The summed E-state index contributed by atoms with van der Waals surface area (Å²) in [5.74, 6) is 2.30. The van der Waals surface area contributed by atoms with E-state index in [1.165, 1.54) is 27.4 Å². The molecular formula is C21H24N2O6. The minimum Gasteiger partial charge on any atom is -0.493 e. The number of likely N-dealkylation sites (tertiary alicyclic amines) is 1. The van der Waals surface area contributed by atoms with Crippen LogP contribution in [-0.4, -0.2) is 44.2 Å². The average molecular weight is 400 g/mol. The highest BCUT2D eigenvalue weighted by Crippen LogP contribution is 2.42. The summed E-state index contributed by atoms with van der Waals surface area (Å²) in [5, 5.41) is 11.4. The Morgan fingerprint density at radius 2 is 1.62 bits per heavy atom. The number of nitro benzene ring substituents is 1. The maximum absolute atomic E-state index is 11.4. The van der Waals surface area contributed by atoms with E-state index in [1.807, 2.05) is 6.20 Å². The summed E-state index contributed by atoms with van der Waals surface area (Å²) in [7, 11) is 4.57. The van der Waals surface area contributed by atoms with E-state index in [9.17, 15) is 10.1 Å². The minimum absolute atomic E-state index is 0.0256. The molecule has 0 bridgehead atoms. The van der Waals surface area contributed by atoms with Crippen LogP contribution < -0.4 is 18.9 Å². The van der Waals surface area contributed by atoms with Gasteiger partial charge in [-0.2, -0.15) is 0 Å². The second-order valence-electron chi connectivity index (χ2n) is 6.50. The van der Waals surface area contributed by atoms with Crippen LogP contribution in [0.1, 0.15) is 18.4 Å². The molecule has 3 rings (SSSR count). The Morgan fingerprint density at radius 1 is 0.966 bits per heavy atom. The van der Waals surface area contributed by atoms with Gasteiger partial charge in [-0.05, 0) is 37.3 Å². The third-order valence-electron chi connectivity index (χ3n) is 4.68. The van der Waals surface area contributed by atoms with Gasteiger partial charge in [-0.25, -0.2) is 0 Å². The third-order valence-corrected chi connectivity index (χ3v) is 4.68. The molecule has 0 aromatic heterocycles. The van der Waals surface area contributed by atoms with Crippen LogP contribution in [0.25, 0.3) is 6.08 Å². The van der Waals surface area contributed by atoms with Crippen molar-refractivity contribution in [3.05, 3.63) is 52.2 Å². The van der Waals surface area contributed by atoms with Gasteiger partial charge < -0.3 is 23.8 Å². The van der Waals surface area contributed by atoms with E-state index in [4.69, 9.17) is 18.9 Å². The molecule has 2 aromatic rings. The van der Waals surface area contributed by atoms with Gasteiger partial charge in [0.15, 0.2) is 11.5 Å². The molecule has 8 heteroatoms. The first kappa shape index (κ1) is 20.3. The first-order chi connectivity index (χ1) is 14.0. The summed E-state index contributed by atoms with van der Waals surface area (Å²) in [6, 6.07) is 7.99. The Kier molecular flexibility index (Phi) is 6.43. The number of hydrogen-bond donors (Lipinski definition) is 0. The van der Waals surface area contributed by atoms with Crippen molar-refractivity contribution in [3.63, 3.8) is 0 Å². The third kappa shape index (κ3) is 4.71. The predicted octanol–water partition coefficient (Wildman–Crippen LogP) is 4.48. The van der Waals surface area contributed by atoms with Crippen molar-refractivity contribution in [1.29, 1.82) is 0 Å². The van der Waals surface area contributed by atoms with Crippen LogP contribution in [0, 0.1) is 10.1 Å². The van der Waals surface area contributed by atoms with Crippen LogP contribution in [0.2, 0.25) is 0 Å². The quantitative estimate of drug-likeness (QED) is 0.477. The molecule has 0 saturated carbocycles. The zero-order valence-corrected chi connectivity index (χ0v) is 16.7. The molecule has 0 N–H and O–H groups in total. The fourth-order valence-electron chi connectivity index (χ4n) is 3.22. The largest absolute Gasteiger partial charge is 0.493 e. The maximum atomic E-state index is 11.4. The molecule has 154 valence electrons. The normalized spacial score (nSPS) is 13.6. The van der Waals surface area contributed by atoms with E-state index in [0.29, 0.717) is 34.3 Å². The summed E-state index contributed by atoms with van der Waals surface area (Å²) in [6.45, 7) is 1.93. The summed E-state index contributed by atoms with van der Waals surface area (Å²) in [5.41, 5.74) is 0.504. The van der Waals surface area contributed by atoms with Gasteiger partial charge >= 0.3 is 0 Å². The highest BCUT2D eigenvalue weighted by molar-refractivity contribution is 5.63. The van der Waals surface area contributed by atoms with Gasteiger partial charge in [0.25, 0.3) is 5.69 Å². The number of methoxy groups -OCH3 is 3. The fraction of sp³-hybridized carbons (Fsp3) is 0.333. The number of nitrogens with zero attached hydrogens (tertiary/aromatic N) is 2. The van der Waals surface area contributed by atoms with Crippen molar-refractivity contribution in [2.75, 3.05) is 34.4 Å². The molecular weight excluding hydrogens is 376 g/mol. The molecule has 1 fully saturated rings. The van der Waals surface area contributed by atoms with Crippen molar-refractivity contribution in [1.82, 2.24) is 4.90 Å². The maximum Gasteiger partial charge on any atom is 0.276 e. The van der Waals surface area contributed by atoms with Gasteiger partial charge in [-0.1, -0.05) is 0 Å². The number of ether oxygens (including phenoxy) is 4. The average Bonchev–Trinajstić information content (AvgIpc) is 3.25. The van der Waals surface area contributed by atoms with Crippen LogP contribution in [-0.2, 0) is 0 Å². The number of hydrogen-bond acceptors (Lipinski definition) is 7. The standard InChI is InChI=1S/C21H24N2O6/c1-26-19-13-17(14-20(27-2)21(19)28-3)29-16-6-7-18(23(24)25)15(12-16)8-11-22-9-4-5-10-22/h6-8,11-14H,4-5,9-10H2,1-3H3. The second-order valence-corrected chi connectivity index (χ2v) is 6.50. The second kappa shape index (κ2) is 9.18. The number of nitro groups is 1. The highest BCUT2D eigenvalue weighted by Gasteiger charge is 2.17. The molecule has 1 aliphatic rings. The zero-order chi connectivity index (χ0) is 20.8. The van der Waals surface area contributed by atoms with E-state index in [-0.39, 0.29) is 5.69 Å². The van der Waals surface area contributed by atoms with E-state index in [2.05, 4.69) is 4.90 Å². The molecule has 0 unspecified atom stereocenters. The Hall–Kier alpha value is -3.42. The number of rotatable bonds is 8. The molecule has 29 heavy (non-hydrogen) atoms. The molecule has 0 amide bonds. The van der Waals surface area contributed by atoms with Crippen LogP contribution in [0.5, 0.6) is 28.7 Å². The molecule has 1 aliphatic heterocycles. The summed E-state index contributed by atoms with van der Waals surface area (Å²) >= 11 is 0. The van der Waals surface area contributed by atoms with Gasteiger partial charge in [0.05, 0.1) is 31.8 Å². The minimum atomic E-state index is -0.396. The monoisotopic (exact) mass is 400 g/mol. The Labute approximate surface area is 169 Å². The van der Waals surface area contributed by atoms with Gasteiger partial charge in [0.2, 0.25) is 5.75 Å². The molecule has 1 heterocycles. The summed E-state index contributed by atoms with van der Waals surface area (Å²) in [4.78, 5) is 13.1. The van der Waals surface area contributed by atoms with E-state index >= 15 is 0 Å². The Bertz CT molecular complexity index is 881. The van der Waals surface area contributed by atoms with Crippen molar-refractivity contribution in [3.8, 4) is 28.7 Å². The summed E-state index contributed by atoms with van der Waals surface area (Å²) in [6.07, 6.45) is 5.93. The van der Waals surface area contributed by atoms with Gasteiger partial charge in [-0.15, -0.1) is 0 Å².